The minimum atomic E-state index is -4.62. The number of aromatic nitrogens is 1. The lowest BCUT2D eigenvalue weighted by Crippen LogP contribution is -2.30. The molecule has 0 saturated carbocycles. The van der Waals surface area contributed by atoms with E-state index >= 15 is 0 Å². The highest BCUT2D eigenvalue weighted by atomic mass is 19.4. The molecule has 0 saturated heterocycles. The molecule has 1 aromatic heterocycles. The molecule has 2 rings (SSSR count). The molecule has 0 spiro atoms. The van der Waals surface area contributed by atoms with Crippen LogP contribution in [-0.2, 0) is 17.5 Å². The van der Waals surface area contributed by atoms with Gasteiger partial charge in [-0.1, -0.05) is 12.1 Å². The molecule has 0 aliphatic heterocycles. The highest BCUT2D eigenvalue weighted by Crippen LogP contribution is 2.27. The molecule has 0 fully saturated rings. The minimum Gasteiger partial charge on any atom is -0.507 e. The standard InChI is InChI=1S/C15H12F3N3O3/c16-15(17,18)11-5-6-14(24)21(8-11)9-13(23)20-19-7-10-3-1-2-4-12(10)22/h1-8,22H,9H2,(H,20,23)/b19-7+. The second-order valence-electron chi connectivity index (χ2n) is 4.73. The lowest BCUT2D eigenvalue weighted by atomic mass is 10.2. The summed E-state index contributed by atoms with van der Waals surface area (Å²) >= 11 is 0. The highest BCUT2D eigenvalue weighted by Gasteiger charge is 2.31. The van der Waals surface area contributed by atoms with Crippen LogP contribution in [0.5, 0.6) is 5.75 Å². The van der Waals surface area contributed by atoms with Crippen molar-refractivity contribution >= 4 is 12.1 Å². The van der Waals surface area contributed by atoms with E-state index in [-0.39, 0.29) is 5.75 Å². The fourth-order valence-corrected chi connectivity index (χ4v) is 1.78. The molecule has 1 aromatic carbocycles. The van der Waals surface area contributed by atoms with Crippen molar-refractivity contribution in [2.45, 2.75) is 12.7 Å². The first-order valence-corrected chi connectivity index (χ1v) is 6.65. The molecule has 0 unspecified atom stereocenters. The fourth-order valence-electron chi connectivity index (χ4n) is 1.78. The zero-order chi connectivity index (χ0) is 17.7. The van der Waals surface area contributed by atoms with Gasteiger partial charge in [0.1, 0.15) is 12.3 Å². The van der Waals surface area contributed by atoms with Crippen LogP contribution in [-0.4, -0.2) is 21.8 Å². The van der Waals surface area contributed by atoms with Gasteiger partial charge in [0, 0.05) is 17.8 Å². The van der Waals surface area contributed by atoms with Gasteiger partial charge in [0.2, 0.25) is 0 Å². The van der Waals surface area contributed by atoms with Crippen molar-refractivity contribution in [2.24, 2.45) is 5.10 Å². The number of phenols is 1. The van der Waals surface area contributed by atoms with Gasteiger partial charge in [-0.2, -0.15) is 18.3 Å². The molecule has 24 heavy (non-hydrogen) atoms. The third-order valence-electron chi connectivity index (χ3n) is 2.95. The van der Waals surface area contributed by atoms with E-state index in [4.69, 9.17) is 0 Å². The van der Waals surface area contributed by atoms with Crippen LogP contribution in [0.2, 0.25) is 0 Å². The smallest absolute Gasteiger partial charge is 0.417 e. The SMILES string of the molecule is O=C(Cn1cc(C(F)(F)F)ccc1=O)N/N=C/c1ccccc1O. The van der Waals surface area contributed by atoms with Crippen LogP contribution in [0.3, 0.4) is 0 Å². The van der Waals surface area contributed by atoms with Crippen molar-refractivity contribution in [1.82, 2.24) is 9.99 Å². The quantitative estimate of drug-likeness (QED) is 0.657. The highest BCUT2D eigenvalue weighted by molar-refractivity contribution is 5.84. The lowest BCUT2D eigenvalue weighted by Gasteiger charge is -2.09. The van der Waals surface area contributed by atoms with Gasteiger partial charge in [0.25, 0.3) is 11.5 Å². The normalized spacial score (nSPS) is 11.6. The van der Waals surface area contributed by atoms with E-state index in [1.807, 2.05) is 0 Å². The van der Waals surface area contributed by atoms with Crippen LogP contribution in [0.25, 0.3) is 0 Å². The summed E-state index contributed by atoms with van der Waals surface area (Å²) in [4.78, 5) is 23.2. The van der Waals surface area contributed by atoms with Gasteiger partial charge in [0.05, 0.1) is 11.8 Å². The largest absolute Gasteiger partial charge is 0.507 e. The molecular weight excluding hydrogens is 327 g/mol. The Hall–Kier alpha value is -3.10. The van der Waals surface area contributed by atoms with Gasteiger partial charge >= 0.3 is 6.18 Å². The Labute approximate surface area is 133 Å². The average Bonchev–Trinajstić information content (AvgIpc) is 2.50. The summed E-state index contributed by atoms with van der Waals surface area (Å²) in [6.07, 6.45) is -2.88. The summed E-state index contributed by atoms with van der Waals surface area (Å²) in [6.45, 7) is -0.624. The van der Waals surface area contributed by atoms with Gasteiger partial charge in [-0.25, -0.2) is 5.43 Å². The first kappa shape index (κ1) is 17.3. The number of phenolic OH excluding ortho intramolecular Hbond substituents is 1. The van der Waals surface area contributed by atoms with E-state index in [9.17, 15) is 27.9 Å². The van der Waals surface area contributed by atoms with E-state index in [2.05, 4.69) is 10.5 Å². The molecule has 6 nitrogen and oxygen atoms in total. The fraction of sp³-hybridized carbons (Fsp3) is 0.133. The number of benzene rings is 1. The number of carbonyl (C=O) groups excluding carboxylic acids is 1. The van der Waals surface area contributed by atoms with Crippen molar-refractivity contribution < 1.29 is 23.1 Å². The van der Waals surface area contributed by atoms with Crippen LogP contribution >= 0.6 is 0 Å². The van der Waals surface area contributed by atoms with Crippen molar-refractivity contribution in [3.05, 3.63) is 64.1 Å². The molecule has 0 atom stereocenters. The van der Waals surface area contributed by atoms with E-state index in [1.165, 1.54) is 12.3 Å². The monoisotopic (exact) mass is 339 g/mol. The van der Waals surface area contributed by atoms with Gasteiger partial charge in [-0.15, -0.1) is 0 Å². The lowest BCUT2D eigenvalue weighted by molar-refractivity contribution is -0.138. The predicted molar refractivity (Wildman–Crippen MR) is 79.5 cm³/mol. The van der Waals surface area contributed by atoms with Gasteiger partial charge in [-0.3, -0.25) is 9.59 Å². The number of para-hydroxylation sites is 1. The molecule has 1 heterocycles. The van der Waals surface area contributed by atoms with E-state index < -0.39 is 29.8 Å². The number of hydrogen-bond acceptors (Lipinski definition) is 4. The second kappa shape index (κ2) is 6.99. The van der Waals surface area contributed by atoms with Crippen LogP contribution in [0.4, 0.5) is 13.2 Å². The molecule has 1 amide bonds. The molecule has 0 bridgehead atoms. The van der Waals surface area contributed by atoms with Crippen LogP contribution in [0.1, 0.15) is 11.1 Å². The molecule has 0 aliphatic rings. The van der Waals surface area contributed by atoms with E-state index in [0.717, 1.165) is 6.07 Å². The molecule has 9 heteroatoms. The number of nitrogens with one attached hydrogen (secondary N) is 1. The zero-order valence-corrected chi connectivity index (χ0v) is 12.1. The third-order valence-corrected chi connectivity index (χ3v) is 2.95. The number of amides is 1. The van der Waals surface area contributed by atoms with Crippen LogP contribution < -0.4 is 11.0 Å². The maximum atomic E-state index is 12.6. The van der Waals surface area contributed by atoms with Crippen molar-refractivity contribution in [1.29, 1.82) is 0 Å². The van der Waals surface area contributed by atoms with E-state index in [0.29, 0.717) is 22.4 Å². The van der Waals surface area contributed by atoms with E-state index in [1.54, 1.807) is 18.2 Å². The molecule has 0 radical (unpaired) electrons. The minimum absolute atomic E-state index is 0.0513. The third kappa shape index (κ3) is 4.45. The molecule has 2 N–H and O–H groups in total. The van der Waals surface area contributed by atoms with Gasteiger partial charge < -0.3 is 9.67 Å². The van der Waals surface area contributed by atoms with Gasteiger partial charge in [-0.05, 0) is 18.2 Å². The van der Waals surface area contributed by atoms with Gasteiger partial charge in [0.15, 0.2) is 0 Å². The Morgan fingerprint density at radius 3 is 2.62 bits per heavy atom. The number of aromatic hydroxyl groups is 1. The summed E-state index contributed by atoms with van der Waals surface area (Å²) in [6, 6.07) is 7.60. The summed E-state index contributed by atoms with van der Waals surface area (Å²) in [5, 5.41) is 13.1. The Balaban J connectivity index is 2.05. The summed E-state index contributed by atoms with van der Waals surface area (Å²) in [5.41, 5.74) is 0.630. The second-order valence-corrected chi connectivity index (χ2v) is 4.73. The molecular formula is C15H12F3N3O3. The Kier molecular flexibility index (Phi) is 5.02. The number of pyridine rings is 1. The number of alkyl halides is 3. The number of nitrogens with zero attached hydrogens (tertiary/aromatic N) is 2. The molecule has 0 aliphatic carbocycles. The summed E-state index contributed by atoms with van der Waals surface area (Å²) < 4.78 is 38.4. The Morgan fingerprint density at radius 1 is 1.25 bits per heavy atom. The predicted octanol–water partition coefficient (Wildman–Crippen LogP) is 1.72. The first-order valence-electron chi connectivity index (χ1n) is 6.65. The maximum Gasteiger partial charge on any atom is 0.417 e. The Bertz CT molecular complexity index is 828. The van der Waals surface area contributed by atoms with Crippen molar-refractivity contribution in [3.63, 3.8) is 0 Å². The summed E-state index contributed by atoms with van der Waals surface area (Å²) in [7, 11) is 0. The first-order chi connectivity index (χ1) is 11.3. The Morgan fingerprint density at radius 2 is 1.96 bits per heavy atom. The van der Waals surface area contributed by atoms with Crippen molar-refractivity contribution in [2.75, 3.05) is 0 Å². The van der Waals surface area contributed by atoms with Crippen LogP contribution in [0.15, 0.2) is 52.5 Å². The maximum absolute atomic E-state index is 12.6. The zero-order valence-electron chi connectivity index (χ0n) is 12.1. The summed E-state index contributed by atoms with van der Waals surface area (Å²) in [5.74, 6) is -0.840. The van der Waals surface area contributed by atoms with Crippen molar-refractivity contribution in [3.8, 4) is 5.75 Å². The molecule has 126 valence electrons. The number of hydrazone groups is 1. The molecule has 2 aromatic rings. The van der Waals surface area contributed by atoms with Crippen LogP contribution in [0, 0.1) is 0 Å². The number of halogens is 3. The topological polar surface area (TPSA) is 83.7 Å². The number of carbonyl (C=O) groups is 1. The average molecular weight is 339 g/mol. The number of rotatable bonds is 4. The number of hydrogen-bond donors (Lipinski definition) is 2.